The molecule has 3 aromatic rings. The molecule has 1 saturated heterocycles. The lowest BCUT2D eigenvalue weighted by molar-refractivity contribution is -0.121. The van der Waals surface area contributed by atoms with Crippen molar-refractivity contribution >= 4 is 16.9 Å². The maximum absolute atomic E-state index is 12.6. The molecule has 130 valence electrons. The largest absolute Gasteiger partial charge is 0.356 e. The van der Waals surface area contributed by atoms with Crippen molar-refractivity contribution < 1.29 is 9.32 Å². The van der Waals surface area contributed by atoms with Gasteiger partial charge in [0.05, 0.1) is 18.8 Å². The Morgan fingerprint density at radius 2 is 2.16 bits per heavy atom. The van der Waals surface area contributed by atoms with Crippen molar-refractivity contribution in [2.24, 2.45) is 7.05 Å². The average Bonchev–Trinajstić information content (AvgIpc) is 3.27. The predicted molar refractivity (Wildman–Crippen MR) is 93.1 cm³/mol. The smallest absolute Gasteiger partial charge is 0.226 e. The summed E-state index contributed by atoms with van der Waals surface area (Å²) in [5.74, 6) is 0.196. The van der Waals surface area contributed by atoms with E-state index in [-0.39, 0.29) is 24.3 Å². The van der Waals surface area contributed by atoms with Gasteiger partial charge < -0.3 is 19.3 Å². The summed E-state index contributed by atoms with van der Waals surface area (Å²) in [6, 6.07) is 7.66. The Hall–Kier alpha value is -2.67. The van der Waals surface area contributed by atoms with Gasteiger partial charge in [0.2, 0.25) is 5.91 Å². The molecule has 1 aliphatic rings. The molecular formula is C18H21N5O2. The minimum absolute atomic E-state index is 0.0356. The summed E-state index contributed by atoms with van der Waals surface area (Å²) in [5, 5.41) is 8.11. The maximum atomic E-state index is 12.6. The summed E-state index contributed by atoms with van der Waals surface area (Å²) in [4.78, 5) is 19.0. The molecule has 0 saturated carbocycles. The number of aryl methyl sites for hydroxylation is 1. The van der Waals surface area contributed by atoms with Crippen LogP contribution in [0.3, 0.4) is 0 Å². The van der Waals surface area contributed by atoms with Crippen LogP contribution in [0, 0.1) is 0 Å². The predicted octanol–water partition coefficient (Wildman–Crippen LogP) is 1.32. The van der Waals surface area contributed by atoms with Gasteiger partial charge in [-0.25, -0.2) is 4.98 Å². The van der Waals surface area contributed by atoms with Crippen molar-refractivity contribution in [1.82, 2.24) is 24.9 Å². The van der Waals surface area contributed by atoms with Crippen LogP contribution in [0.4, 0.5) is 0 Å². The van der Waals surface area contributed by atoms with E-state index in [2.05, 4.69) is 27.4 Å². The third kappa shape index (κ3) is 3.02. The first-order valence-electron chi connectivity index (χ1n) is 8.39. The van der Waals surface area contributed by atoms with Gasteiger partial charge in [-0.2, -0.15) is 0 Å². The van der Waals surface area contributed by atoms with E-state index in [0.29, 0.717) is 11.3 Å². The number of aromatic nitrogens is 3. The van der Waals surface area contributed by atoms with Crippen LogP contribution < -0.4 is 5.32 Å². The first-order chi connectivity index (χ1) is 12.1. The minimum Gasteiger partial charge on any atom is -0.356 e. The Balaban J connectivity index is 1.49. The van der Waals surface area contributed by atoms with Crippen molar-refractivity contribution in [2.45, 2.75) is 18.4 Å². The molecule has 0 unspecified atom stereocenters. The number of para-hydroxylation sites is 1. The second kappa shape index (κ2) is 6.33. The fourth-order valence-corrected chi connectivity index (χ4v) is 3.65. The maximum Gasteiger partial charge on any atom is 0.226 e. The van der Waals surface area contributed by atoms with Gasteiger partial charge in [0.25, 0.3) is 0 Å². The fraction of sp³-hybridized carbons (Fsp3) is 0.389. The number of rotatable bonds is 4. The summed E-state index contributed by atoms with van der Waals surface area (Å²) in [7, 11) is 4.06. The molecule has 25 heavy (non-hydrogen) atoms. The summed E-state index contributed by atoms with van der Waals surface area (Å²) in [6.45, 7) is 1.72. The molecule has 0 radical (unpaired) electrons. The molecular weight excluding hydrogens is 318 g/mol. The number of nitrogens with zero attached hydrogens (tertiary/aromatic N) is 4. The third-order valence-electron chi connectivity index (χ3n) is 4.86. The first kappa shape index (κ1) is 15.8. The number of fused-ring (bicyclic) bond motifs is 1. The van der Waals surface area contributed by atoms with E-state index in [1.165, 1.54) is 0 Å². The number of likely N-dealkylation sites (tertiary alicyclic amines) is 1. The van der Waals surface area contributed by atoms with Crippen molar-refractivity contribution in [1.29, 1.82) is 0 Å². The lowest BCUT2D eigenvalue weighted by Crippen LogP contribution is -2.40. The number of hydrogen-bond acceptors (Lipinski definition) is 5. The number of hydrogen-bond donors (Lipinski definition) is 1. The molecule has 0 spiro atoms. The Kier molecular flexibility index (Phi) is 4.01. The van der Waals surface area contributed by atoms with Crippen LogP contribution in [0.5, 0.6) is 0 Å². The van der Waals surface area contributed by atoms with E-state index in [1.807, 2.05) is 42.1 Å². The van der Waals surface area contributed by atoms with Crippen LogP contribution in [0.2, 0.25) is 0 Å². The van der Waals surface area contributed by atoms with Crippen molar-refractivity contribution in [3.05, 3.63) is 48.2 Å². The highest BCUT2D eigenvalue weighted by Gasteiger charge is 2.34. The zero-order chi connectivity index (χ0) is 17.4. The standard InChI is InChI=1S/C18H21N5O2/c1-22-9-13(16-8-19-11-23(16)2)15(10-22)20-18(24)7-14-12-5-3-4-6-17(12)25-21-14/h3-6,8,11,13,15H,7,9-10H2,1-2H3,(H,20,24)/t13-,15-/m1/s1. The Morgan fingerprint density at radius 3 is 2.96 bits per heavy atom. The third-order valence-corrected chi connectivity index (χ3v) is 4.86. The van der Waals surface area contributed by atoms with E-state index in [9.17, 15) is 4.79 Å². The van der Waals surface area contributed by atoms with Crippen LogP contribution in [-0.4, -0.2) is 51.7 Å². The molecule has 1 aromatic carbocycles. The van der Waals surface area contributed by atoms with Crippen LogP contribution in [-0.2, 0) is 18.3 Å². The molecule has 7 nitrogen and oxygen atoms in total. The van der Waals surface area contributed by atoms with Gasteiger partial charge in [-0.05, 0) is 19.2 Å². The topological polar surface area (TPSA) is 76.2 Å². The van der Waals surface area contributed by atoms with Gasteiger partial charge in [-0.15, -0.1) is 0 Å². The second-order valence-corrected chi connectivity index (χ2v) is 6.73. The number of carbonyl (C=O) groups excluding carboxylic acids is 1. The van der Waals surface area contributed by atoms with E-state index >= 15 is 0 Å². The van der Waals surface area contributed by atoms with Gasteiger partial charge in [0, 0.05) is 43.3 Å². The van der Waals surface area contributed by atoms with Crippen molar-refractivity contribution in [2.75, 3.05) is 20.1 Å². The van der Waals surface area contributed by atoms with Crippen LogP contribution >= 0.6 is 0 Å². The molecule has 2 atom stereocenters. The number of nitrogens with one attached hydrogen (secondary N) is 1. The SMILES string of the molecule is CN1C[C@@H](NC(=O)Cc2noc3ccccc23)[C@H](c2cncn2C)C1. The molecule has 1 N–H and O–H groups in total. The van der Waals surface area contributed by atoms with Crippen molar-refractivity contribution in [3.63, 3.8) is 0 Å². The highest BCUT2D eigenvalue weighted by atomic mass is 16.5. The normalized spacial score (nSPS) is 21.0. The van der Waals surface area contributed by atoms with Crippen LogP contribution in [0.25, 0.3) is 11.0 Å². The van der Waals surface area contributed by atoms with Gasteiger partial charge in [-0.3, -0.25) is 4.79 Å². The first-order valence-corrected chi connectivity index (χ1v) is 8.39. The van der Waals surface area contributed by atoms with Gasteiger partial charge in [-0.1, -0.05) is 17.3 Å². The number of amides is 1. The van der Waals surface area contributed by atoms with E-state index in [4.69, 9.17) is 4.52 Å². The lowest BCUT2D eigenvalue weighted by atomic mass is 10.00. The van der Waals surface area contributed by atoms with Gasteiger partial charge in [0.15, 0.2) is 5.58 Å². The Bertz CT molecular complexity index is 900. The molecule has 7 heteroatoms. The summed E-state index contributed by atoms with van der Waals surface area (Å²) in [5.41, 5.74) is 2.52. The van der Waals surface area contributed by atoms with E-state index in [0.717, 1.165) is 24.2 Å². The van der Waals surface area contributed by atoms with Crippen LogP contribution in [0.15, 0.2) is 41.3 Å². The molecule has 1 aliphatic heterocycles. The minimum atomic E-state index is -0.0356. The average molecular weight is 339 g/mol. The molecule has 0 bridgehead atoms. The zero-order valence-electron chi connectivity index (χ0n) is 14.3. The molecule has 4 rings (SSSR count). The van der Waals surface area contributed by atoms with E-state index < -0.39 is 0 Å². The number of likely N-dealkylation sites (N-methyl/N-ethyl adjacent to an activating group) is 1. The van der Waals surface area contributed by atoms with Gasteiger partial charge in [0.1, 0.15) is 5.69 Å². The summed E-state index contributed by atoms with van der Waals surface area (Å²) < 4.78 is 7.30. The highest BCUT2D eigenvalue weighted by molar-refractivity contribution is 5.86. The number of imidazole rings is 1. The Morgan fingerprint density at radius 1 is 1.32 bits per heavy atom. The molecule has 0 aliphatic carbocycles. The second-order valence-electron chi connectivity index (χ2n) is 6.73. The lowest BCUT2D eigenvalue weighted by Gasteiger charge is -2.20. The quantitative estimate of drug-likeness (QED) is 0.776. The van der Waals surface area contributed by atoms with Crippen LogP contribution in [0.1, 0.15) is 17.3 Å². The highest BCUT2D eigenvalue weighted by Crippen LogP contribution is 2.26. The van der Waals surface area contributed by atoms with Gasteiger partial charge >= 0.3 is 0 Å². The molecule has 1 amide bonds. The number of benzene rings is 1. The molecule has 1 fully saturated rings. The molecule has 3 heterocycles. The summed E-state index contributed by atoms with van der Waals surface area (Å²) >= 11 is 0. The number of carbonyl (C=O) groups is 1. The fourth-order valence-electron chi connectivity index (χ4n) is 3.65. The monoisotopic (exact) mass is 339 g/mol. The summed E-state index contributed by atoms with van der Waals surface area (Å²) in [6.07, 6.45) is 3.90. The Labute approximate surface area is 145 Å². The zero-order valence-corrected chi connectivity index (χ0v) is 14.3. The van der Waals surface area contributed by atoms with Crippen molar-refractivity contribution in [3.8, 4) is 0 Å². The van der Waals surface area contributed by atoms with E-state index in [1.54, 1.807) is 6.33 Å². The molecule has 2 aromatic heterocycles.